The van der Waals surface area contributed by atoms with E-state index in [0.717, 1.165) is 64.7 Å². The Morgan fingerprint density at radius 2 is 1.93 bits per heavy atom. The first-order valence-corrected chi connectivity index (χ1v) is 10.0. The van der Waals surface area contributed by atoms with E-state index in [2.05, 4.69) is 5.32 Å². The molecule has 2 aromatic carbocycles. The van der Waals surface area contributed by atoms with E-state index in [1.54, 1.807) is 0 Å². The Labute approximate surface area is 170 Å². The van der Waals surface area contributed by atoms with Crippen molar-refractivity contribution in [3.8, 4) is 0 Å². The van der Waals surface area contributed by atoms with Gasteiger partial charge in [0, 0.05) is 16.8 Å². The highest BCUT2D eigenvalue weighted by Gasteiger charge is 2.25. The van der Waals surface area contributed by atoms with Crippen molar-refractivity contribution in [3.05, 3.63) is 70.4 Å². The Balaban J connectivity index is 1.53. The van der Waals surface area contributed by atoms with Crippen molar-refractivity contribution in [3.63, 3.8) is 0 Å². The fourth-order valence-corrected chi connectivity index (χ4v) is 4.02. The first-order chi connectivity index (χ1) is 14.1. The lowest BCUT2D eigenvalue weighted by molar-refractivity contribution is -0.119. The Bertz CT molecular complexity index is 1100. The van der Waals surface area contributed by atoms with E-state index in [1.807, 2.05) is 56.3 Å². The summed E-state index contributed by atoms with van der Waals surface area (Å²) in [4.78, 5) is 30.1. The fraction of sp³-hybridized carbons (Fsp3) is 0.292. The summed E-state index contributed by atoms with van der Waals surface area (Å²) in [5.41, 5.74) is 6.11. The average Bonchev–Trinajstić information content (AvgIpc) is 3.19. The molecule has 5 heteroatoms. The molecule has 0 saturated carbocycles. The second-order valence-corrected chi connectivity index (χ2v) is 7.37. The summed E-state index contributed by atoms with van der Waals surface area (Å²) in [6, 6.07) is 13.5. The lowest BCUT2D eigenvalue weighted by Crippen LogP contribution is -2.22. The summed E-state index contributed by atoms with van der Waals surface area (Å²) >= 11 is 0. The Morgan fingerprint density at radius 3 is 2.76 bits per heavy atom. The van der Waals surface area contributed by atoms with E-state index in [0.29, 0.717) is 5.56 Å². The van der Waals surface area contributed by atoms with Crippen molar-refractivity contribution >= 4 is 28.5 Å². The lowest BCUT2D eigenvalue weighted by atomic mass is 10.0. The Kier molecular flexibility index (Phi) is 5.30. The molecule has 4 rings (SSSR count). The maximum atomic E-state index is 12.9. The predicted molar refractivity (Wildman–Crippen MR) is 113 cm³/mol. The zero-order chi connectivity index (χ0) is 20.4. The molecule has 3 aromatic rings. The number of nitrogens with zero attached hydrogens (tertiary/aromatic N) is 1. The number of carbonyl (C=O) groups is 2. The number of benzene rings is 2. The summed E-state index contributed by atoms with van der Waals surface area (Å²) in [5, 5.41) is 3.68. The highest BCUT2D eigenvalue weighted by Crippen LogP contribution is 2.30. The van der Waals surface area contributed by atoms with Crippen LogP contribution in [0.15, 0.2) is 42.5 Å². The summed E-state index contributed by atoms with van der Waals surface area (Å²) in [7, 11) is 0. The second-order valence-electron chi connectivity index (χ2n) is 7.37. The first kappa shape index (κ1) is 19.1. The van der Waals surface area contributed by atoms with Crippen LogP contribution >= 0.6 is 0 Å². The number of anilines is 1. The van der Waals surface area contributed by atoms with Gasteiger partial charge in [0.2, 0.25) is 0 Å². The fourth-order valence-electron chi connectivity index (χ4n) is 4.02. The molecule has 29 heavy (non-hydrogen) atoms. The van der Waals surface area contributed by atoms with Gasteiger partial charge in [-0.3, -0.25) is 9.78 Å². The molecule has 148 valence electrons. The minimum absolute atomic E-state index is 0.318. The predicted octanol–water partition coefficient (Wildman–Crippen LogP) is 4.39. The van der Waals surface area contributed by atoms with Gasteiger partial charge >= 0.3 is 5.97 Å². The highest BCUT2D eigenvalue weighted by molar-refractivity contribution is 6.06. The molecule has 0 aliphatic heterocycles. The molecule has 0 atom stereocenters. The number of rotatable bonds is 5. The summed E-state index contributed by atoms with van der Waals surface area (Å²) in [6.45, 7) is 3.68. The zero-order valence-electron chi connectivity index (χ0n) is 16.7. The monoisotopic (exact) mass is 388 g/mol. The van der Waals surface area contributed by atoms with Crippen LogP contribution in [0.3, 0.4) is 0 Å². The minimum atomic E-state index is -0.461. The minimum Gasteiger partial charge on any atom is -0.452 e. The number of carbonyl (C=O) groups excluding carboxylic acids is 2. The van der Waals surface area contributed by atoms with Crippen LogP contribution in [0.5, 0.6) is 0 Å². The van der Waals surface area contributed by atoms with E-state index < -0.39 is 5.97 Å². The molecule has 1 N–H and O–H groups in total. The van der Waals surface area contributed by atoms with Gasteiger partial charge in [0.25, 0.3) is 5.91 Å². The lowest BCUT2D eigenvalue weighted by Gasteiger charge is -2.14. The van der Waals surface area contributed by atoms with Crippen LogP contribution in [0.2, 0.25) is 0 Å². The molecule has 1 aromatic heterocycles. The molecular formula is C24H24N2O3. The SMILES string of the molecule is CCc1cccc(C)c1NC(=O)COC(=O)c1c2c(nc3ccccc13)CCC2. The normalized spacial score (nSPS) is 12.6. The number of esters is 1. The van der Waals surface area contributed by atoms with Gasteiger partial charge < -0.3 is 10.1 Å². The van der Waals surface area contributed by atoms with Crippen LogP contribution in [-0.2, 0) is 28.8 Å². The van der Waals surface area contributed by atoms with Crippen molar-refractivity contribution in [1.82, 2.24) is 4.98 Å². The molecule has 1 aliphatic carbocycles. The molecule has 1 heterocycles. The number of aryl methyl sites for hydroxylation is 3. The van der Waals surface area contributed by atoms with Crippen molar-refractivity contribution in [2.75, 3.05) is 11.9 Å². The molecule has 0 unspecified atom stereocenters. The van der Waals surface area contributed by atoms with Crippen molar-refractivity contribution in [2.45, 2.75) is 39.5 Å². The van der Waals surface area contributed by atoms with Gasteiger partial charge in [-0.05, 0) is 55.4 Å². The molecule has 1 amide bonds. The molecule has 5 nitrogen and oxygen atoms in total. The summed E-state index contributed by atoms with van der Waals surface area (Å²) in [5.74, 6) is -0.797. The van der Waals surface area contributed by atoms with Crippen LogP contribution < -0.4 is 5.32 Å². The van der Waals surface area contributed by atoms with Gasteiger partial charge in [-0.1, -0.05) is 43.3 Å². The van der Waals surface area contributed by atoms with Crippen molar-refractivity contribution in [2.24, 2.45) is 0 Å². The Morgan fingerprint density at radius 1 is 1.10 bits per heavy atom. The van der Waals surface area contributed by atoms with Crippen molar-refractivity contribution < 1.29 is 14.3 Å². The molecule has 1 aliphatic rings. The number of hydrogen-bond donors (Lipinski definition) is 1. The second kappa shape index (κ2) is 8.03. The summed E-state index contributed by atoms with van der Waals surface area (Å²) < 4.78 is 5.43. The largest absolute Gasteiger partial charge is 0.452 e. The molecular weight excluding hydrogens is 364 g/mol. The maximum absolute atomic E-state index is 12.9. The molecule has 0 radical (unpaired) electrons. The first-order valence-electron chi connectivity index (χ1n) is 10.0. The Hall–Kier alpha value is -3.21. The smallest absolute Gasteiger partial charge is 0.339 e. The molecule has 0 fully saturated rings. The van der Waals surface area contributed by atoms with Gasteiger partial charge in [-0.2, -0.15) is 0 Å². The highest BCUT2D eigenvalue weighted by atomic mass is 16.5. The molecule has 0 bridgehead atoms. The molecule has 0 spiro atoms. The third-order valence-corrected chi connectivity index (χ3v) is 5.46. The van der Waals surface area contributed by atoms with Crippen LogP contribution in [0.4, 0.5) is 5.69 Å². The van der Waals surface area contributed by atoms with Crippen molar-refractivity contribution in [1.29, 1.82) is 0 Å². The number of aromatic nitrogens is 1. The van der Waals surface area contributed by atoms with Gasteiger partial charge in [-0.25, -0.2) is 4.79 Å². The van der Waals surface area contributed by atoms with E-state index in [9.17, 15) is 9.59 Å². The average molecular weight is 388 g/mol. The van der Waals surface area contributed by atoms with Crippen LogP contribution in [0, 0.1) is 6.92 Å². The number of fused-ring (bicyclic) bond motifs is 2. The van der Waals surface area contributed by atoms with E-state index in [1.165, 1.54) is 0 Å². The van der Waals surface area contributed by atoms with Crippen LogP contribution in [0.25, 0.3) is 10.9 Å². The third kappa shape index (κ3) is 3.73. The standard InChI is InChI=1S/C24H24N2O3/c1-3-16-9-6-8-15(2)23(16)26-21(27)14-29-24(28)22-17-10-4-5-12-19(17)25-20-13-7-11-18(20)22/h4-6,8-10,12H,3,7,11,13-14H2,1-2H3,(H,26,27). The zero-order valence-corrected chi connectivity index (χ0v) is 16.7. The summed E-state index contributed by atoms with van der Waals surface area (Å²) in [6.07, 6.45) is 3.47. The number of pyridine rings is 1. The number of hydrogen-bond acceptors (Lipinski definition) is 4. The van der Waals surface area contributed by atoms with Gasteiger partial charge in [0.15, 0.2) is 6.61 Å². The van der Waals surface area contributed by atoms with E-state index >= 15 is 0 Å². The third-order valence-electron chi connectivity index (χ3n) is 5.46. The number of nitrogens with one attached hydrogen (secondary N) is 1. The maximum Gasteiger partial charge on any atom is 0.339 e. The van der Waals surface area contributed by atoms with Gasteiger partial charge in [-0.15, -0.1) is 0 Å². The molecule has 0 saturated heterocycles. The number of ether oxygens (including phenoxy) is 1. The van der Waals surface area contributed by atoms with Crippen LogP contribution in [0.1, 0.15) is 46.1 Å². The number of para-hydroxylation sites is 2. The van der Waals surface area contributed by atoms with Gasteiger partial charge in [0.1, 0.15) is 0 Å². The van der Waals surface area contributed by atoms with E-state index in [-0.39, 0.29) is 12.5 Å². The van der Waals surface area contributed by atoms with Crippen LogP contribution in [-0.4, -0.2) is 23.5 Å². The topological polar surface area (TPSA) is 68.3 Å². The van der Waals surface area contributed by atoms with E-state index in [4.69, 9.17) is 9.72 Å². The quantitative estimate of drug-likeness (QED) is 0.658. The number of amides is 1. The van der Waals surface area contributed by atoms with Gasteiger partial charge in [0.05, 0.1) is 11.1 Å².